The monoisotopic (exact) mass is 869 g/mol. The number of nitrogens with one attached hydrogen (secondary N) is 3. The highest BCUT2D eigenvalue weighted by molar-refractivity contribution is 6.33. The number of carbonyl (C=O) groups is 2. The molecule has 0 bridgehead atoms. The first kappa shape index (κ1) is 40.5. The molecule has 10 rings (SSSR count). The summed E-state index contributed by atoms with van der Waals surface area (Å²) in [5, 5.41) is 15.4. The lowest BCUT2D eigenvalue weighted by molar-refractivity contribution is -0.134. The highest BCUT2D eigenvalue weighted by Crippen LogP contribution is 2.46. The van der Waals surface area contributed by atoms with Crippen molar-refractivity contribution in [2.24, 2.45) is 31.8 Å². The maximum atomic E-state index is 15.2. The fraction of sp³-hybridized carbons (Fsp3) is 0.500. The van der Waals surface area contributed by atoms with E-state index in [0.717, 1.165) is 74.5 Å². The van der Waals surface area contributed by atoms with Crippen molar-refractivity contribution in [1.29, 1.82) is 0 Å². The number of aromatic nitrogens is 5. The lowest BCUT2D eigenvalue weighted by Crippen LogP contribution is -2.50. The van der Waals surface area contributed by atoms with E-state index in [4.69, 9.17) is 26.4 Å². The van der Waals surface area contributed by atoms with Crippen LogP contribution in [0.1, 0.15) is 50.6 Å². The van der Waals surface area contributed by atoms with Crippen LogP contribution in [0.3, 0.4) is 0 Å². The Hall–Kier alpha value is -5.55. The molecule has 4 fully saturated rings. The average molecular weight is 870 g/mol. The Morgan fingerprint density at radius 2 is 1.76 bits per heavy atom. The van der Waals surface area contributed by atoms with Gasteiger partial charge in [0.05, 0.1) is 40.6 Å². The van der Waals surface area contributed by atoms with Crippen LogP contribution in [0.25, 0.3) is 21.8 Å². The third-order valence-electron chi connectivity index (χ3n) is 13.6. The van der Waals surface area contributed by atoms with E-state index in [9.17, 15) is 14.4 Å². The Labute approximate surface area is 361 Å². The Balaban J connectivity index is 0.777. The van der Waals surface area contributed by atoms with Gasteiger partial charge in [0.2, 0.25) is 23.5 Å². The first-order chi connectivity index (χ1) is 29.8. The van der Waals surface area contributed by atoms with Gasteiger partial charge < -0.3 is 29.7 Å². The van der Waals surface area contributed by atoms with Crippen LogP contribution in [-0.4, -0.2) is 105 Å². The van der Waals surface area contributed by atoms with Crippen LogP contribution in [0.4, 0.5) is 37.6 Å². The second-order valence-electron chi connectivity index (χ2n) is 17.8. The number of ether oxygens (including phenoxy) is 1. The van der Waals surface area contributed by atoms with Crippen LogP contribution in [-0.2, 0) is 23.7 Å². The number of alkyl halides is 2. The van der Waals surface area contributed by atoms with E-state index in [-0.39, 0.29) is 29.2 Å². The molecule has 4 unspecified atom stereocenters. The first-order valence-electron chi connectivity index (χ1n) is 21.6. The predicted molar refractivity (Wildman–Crippen MR) is 234 cm³/mol. The summed E-state index contributed by atoms with van der Waals surface area (Å²) < 4.78 is 39.1. The van der Waals surface area contributed by atoms with Crippen molar-refractivity contribution in [3.8, 4) is 5.75 Å². The third kappa shape index (κ3) is 7.46. The number of amides is 2. The molecule has 3 aromatic heterocycles. The molecule has 1 aliphatic carbocycles. The van der Waals surface area contributed by atoms with Gasteiger partial charge in [0, 0.05) is 88.5 Å². The van der Waals surface area contributed by atoms with Crippen molar-refractivity contribution >= 4 is 74.0 Å². The third-order valence-corrected chi connectivity index (χ3v) is 13.9. The van der Waals surface area contributed by atoms with Crippen molar-refractivity contribution in [2.75, 3.05) is 72.9 Å². The fourth-order valence-corrected chi connectivity index (χ4v) is 10.0. The molecule has 62 heavy (non-hydrogen) atoms. The Morgan fingerprint density at radius 1 is 0.952 bits per heavy atom. The molecule has 7 heterocycles. The first-order valence-corrected chi connectivity index (χ1v) is 21.9. The molecule has 5 aliphatic rings. The Bertz CT molecular complexity index is 2660. The number of imide groups is 1. The number of hydrogen-bond acceptors (Lipinski definition) is 12. The number of carbonyl (C=O) groups excluding carboxylic acids is 2. The smallest absolute Gasteiger partial charge is 0.301 e. The summed E-state index contributed by atoms with van der Waals surface area (Å²) in [6.45, 7) is 7.78. The standard InChI is InChI=1S/C44H50ClF2N11O4/c1-24-21-58(13-12-26(24)22-56-14-16-57(17-15-56)28-7-8-29-34(19-28)55(3)53-36(29)30-9-11-35(59)50-41(30)60)43-48-20-32(45)40(52-43)49-27-6-10-33-31(18-27)37-38(42(61)54(33)2)62-23-44(46,47)39(51-37)25-4-5-25/h6-8,10,18-20,24-26,30,39,51H,4-5,9,11-17,21-23H2,1-3H3,(H,48,49,52)(H,50,59,60). The van der Waals surface area contributed by atoms with Gasteiger partial charge in [-0.2, -0.15) is 10.1 Å². The van der Waals surface area contributed by atoms with E-state index < -0.39 is 30.0 Å². The number of piperazine rings is 1. The van der Waals surface area contributed by atoms with Crippen molar-refractivity contribution in [2.45, 2.75) is 56.9 Å². The second kappa shape index (κ2) is 15.7. The maximum Gasteiger partial charge on any atom is 0.301 e. The number of fused-ring (bicyclic) bond motifs is 4. The highest BCUT2D eigenvalue weighted by Gasteiger charge is 2.51. The molecule has 1 saturated carbocycles. The van der Waals surface area contributed by atoms with Gasteiger partial charge in [-0.3, -0.25) is 29.3 Å². The summed E-state index contributed by atoms with van der Waals surface area (Å²) in [6, 6.07) is 10.6. The van der Waals surface area contributed by atoms with Crippen LogP contribution in [0.15, 0.2) is 47.4 Å². The summed E-state index contributed by atoms with van der Waals surface area (Å²) in [5.41, 5.74) is 3.84. The zero-order valence-electron chi connectivity index (χ0n) is 35.0. The van der Waals surface area contributed by atoms with E-state index in [1.807, 2.05) is 23.9 Å². The molecule has 3 saturated heterocycles. The minimum absolute atomic E-state index is 0.106. The fourth-order valence-electron chi connectivity index (χ4n) is 9.87. The van der Waals surface area contributed by atoms with Crippen molar-refractivity contribution in [1.82, 2.24) is 34.5 Å². The zero-order valence-corrected chi connectivity index (χ0v) is 35.7. The molecular weight excluding hydrogens is 820 g/mol. The van der Waals surface area contributed by atoms with Crippen LogP contribution >= 0.6 is 11.6 Å². The van der Waals surface area contributed by atoms with Gasteiger partial charge in [0.25, 0.3) is 5.56 Å². The SMILES string of the molecule is CC1CN(c2ncc(Cl)c(Nc3ccc4c(c3)c3c(c(=O)n4C)OCC(F)(F)C(C4CC4)N3)n2)CCC1CN1CCN(c2ccc3c(C4CCC(=O)NC4=O)nn(C)c3c2)CC1. The van der Waals surface area contributed by atoms with Crippen molar-refractivity contribution in [3.63, 3.8) is 0 Å². The number of benzene rings is 2. The Kier molecular flexibility index (Phi) is 10.2. The molecule has 18 heteroatoms. The molecule has 0 spiro atoms. The molecule has 4 aliphatic heterocycles. The average Bonchev–Trinajstić information content (AvgIpc) is 4.06. The lowest BCUT2D eigenvalue weighted by Gasteiger charge is -2.42. The van der Waals surface area contributed by atoms with E-state index in [0.29, 0.717) is 70.9 Å². The molecular formula is C44H50ClF2N11O4. The van der Waals surface area contributed by atoms with Gasteiger partial charge in [-0.1, -0.05) is 18.5 Å². The normalized spacial score (nSPS) is 24.4. The maximum absolute atomic E-state index is 15.2. The van der Waals surface area contributed by atoms with E-state index in [1.165, 1.54) is 4.57 Å². The number of anilines is 5. The summed E-state index contributed by atoms with van der Waals surface area (Å²) in [6.07, 6.45) is 4.78. The molecule has 2 aromatic carbocycles. The largest absolute Gasteiger partial charge is 0.480 e. The number of nitrogens with zero attached hydrogens (tertiary/aromatic N) is 8. The van der Waals surface area contributed by atoms with Crippen LogP contribution in [0.2, 0.25) is 5.02 Å². The van der Waals surface area contributed by atoms with Gasteiger partial charge in [-0.05, 0) is 79.8 Å². The van der Waals surface area contributed by atoms with Gasteiger partial charge in [0.15, 0.2) is 12.4 Å². The highest BCUT2D eigenvalue weighted by atomic mass is 35.5. The number of pyridine rings is 1. The van der Waals surface area contributed by atoms with Crippen LogP contribution < -0.4 is 36.0 Å². The summed E-state index contributed by atoms with van der Waals surface area (Å²) in [4.78, 5) is 54.3. The second-order valence-corrected chi connectivity index (χ2v) is 18.2. The molecule has 4 atom stereocenters. The lowest BCUT2D eigenvalue weighted by atomic mass is 9.86. The van der Waals surface area contributed by atoms with Crippen LogP contribution in [0.5, 0.6) is 5.75 Å². The molecule has 15 nitrogen and oxygen atoms in total. The molecule has 2 amide bonds. The summed E-state index contributed by atoms with van der Waals surface area (Å²) in [7, 11) is 3.51. The van der Waals surface area contributed by atoms with Gasteiger partial charge in [-0.15, -0.1) is 0 Å². The minimum Gasteiger partial charge on any atom is -0.480 e. The molecule has 5 aromatic rings. The van der Waals surface area contributed by atoms with Crippen molar-refractivity contribution < 1.29 is 23.1 Å². The number of rotatable bonds is 8. The quantitative estimate of drug-likeness (QED) is 0.166. The number of halogens is 3. The van der Waals surface area contributed by atoms with E-state index in [1.54, 1.807) is 19.3 Å². The summed E-state index contributed by atoms with van der Waals surface area (Å²) in [5.74, 6) is -2.45. The molecule has 326 valence electrons. The van der Waals surface area contributed by atoms with E-state index >= 15 is 8.78 Å². The number of aryl methyl sites for hydroxylation is 2. The predicted octanol–water partition coefficient (Wildman–Crippen LogP) is 5.64. The number of hydrogen-bond donors (Lipinski definition) is 3. The van der Waals surface area contributed by atoms with Gasteiger partial charge in [-0.25, -0.2) is 13.8 Å². The molecule has 0 radical (unpaired) electrons. The minimum atomic E-state index is -3.13. The van der Waals surface area contributed by atoms with Crippen molar-refractivity contribution in [3.05, 3.63) is 63.7 Å². The zero-order chi connectivity index (χ0) is 43.0. The van der Waals surface area contributed by atoms with Gasteiger partial charge in [0.1, 0.15) is 5.02 Å². The summed E-state index contributed by atoms with van der Waals surface area (Å²) >= 11 is 6.66. The Morgan fingerprint density at radius 3 is 2.52 bits per heavy atom. The van der Waals surface area contributed by atoms with Crippen LogP contribution in [0, 0.1) is 17.8 Å². The van der Waals surface area contributed by atoms with Gasteiger partial charge >= 0.3 is 5.92 Å². The van der Waals surface area contributed by atoms with E-state index in [2.05, 4.69) is 60.8 Å². The molecule has 3 N–H and O–H groups in total. The number of piperidine rings is 2. The topological polar surface area (TPSA) is 155 Å².